The fourth-order valence-electron chi connectivity index (χ4n) is 1.58. The third kappa shape index (κ3) is 2.36. The average Bonchev–Trinajstić information content (AvgIpc) is 2.79. The van der Waals surface area contributed by atoms with Gasteiger partial charge >= 0.3 is 0 Å². The predicted molar refractivity (Wildman–Crippen MR) is 73.3 cm³/mol. The van der Waals surface area contributed by atoms with Crippen LogP contribution in [0.3, 0.4) is 0 Å². The first-order chi connectivity index (χ1) is 8.65. The number of ether oxygens (including phenoxy) is 1. The number of carbonyl (C=O) groups is 1. The van der Waals surface area contributed by atoms with Crippen molar-refractivity contribution >= 4 is 28.4 Å². The zero-order valence-electron chi connectivity index (χ0n) is 10.5. The molecular weight excluding hydrogens is 248 g/mol. The number of methoxy groups -OCH3 is 1. The average molecular weight is 262 g/mol. The maximum atomic E-state index is 10.8. The fourth-order valence-corrected chi connectivity index (χ4v) is 2.44. The van der Waals surface area contributed by atoms with Crippen LogP contribution in [-0.4, -0.2) is 25.4 Å². The number of hydrogen-bond donors (Lipinski definition) is 0. The van der Waals surface area contributed by atoms with Gasteiger partial charge < -0.3 is 9.64 Å². The topological polar surface area (TPSA) is 42.4 Å². The molecule has 0 N–H and O–H groups in total. The standard InChI is InChI=1S/C13H14N2O2S/c1-9-12(8-16)18-13(14-9)15(2)10-5-4-6-11(7-10)17-3/h4-8H,1-3H3. The van der Waals surface area contributed by atoms with Crippen molar-refractivity contribution in [1.82, 2.24) is 4.98 Å². The number of aryl methyl sites for hydroxylation is 1. The summed E-state index contributed by atoms with van der Waals surface area (Å²) in [5.41, 5.74) is 1.74. The molecular formula is C13H14N2O2S. The van der Waals surface area contributed by atoms with Crippen molar-refractivity contribution in [2.24, 2.45) is 0 Å². The van der Waals surface area contributed by atoms with Crippen molar-refractivity contribution < 1.29 is 9.53 Å². The molecule has 0 fully saturated rings. The predicted octanol–water partition coefficient (Wildman–Crippen LogP) is 3.04. The molecule has 0 bridgehead atoms. The lowest BCUT2D eigenvalue weighted by molar-refractivity contribution is 0.112. The number of nitrogens with zero attached hydrogens (tertiary/aromatic N) is 2. The number of carbonyl (C=O) groups excluding carboxylic acids is 1. The Balaban J connectivity index is 2.34. The van der Waals surface area contributed by atoms with Crippen molar-refractivity contribution in [3.05, 3.63) is 34.8 Å². The molecule has 0 atom stereocenters. The minimum Gasteiger partial charge on any atom is -0.497 e. The molecule has 0 radical (unpaired) electrons. The van der Waals surface area contributed by atoms with Crippen LogP contribution >= 0.6 is 11.3 Å². The van der Waals surface area contributed by atoms with Gasteiger partial charge in [0.25, 0.3) is 0 Å². The summed E-state index contributed by atoms with van der Waals surface area (Å²) in [6.07, 6.45) is 0.843. The van der Waals surface area contributed by atoms with E-state index in [4.69, 9.17) is 4.74 Å². The first kappa shape index (κ1) is 12.6. The van der Waals surface area contributed by atoms with E-state index in [0.717, 1.165) is 28.5 Å². The van der Waals surface area contributed by atoms with E-state index < -0.39 is 0 Å². The highest BCUT2D eigenvalue weighted by Crippen LogP contribution is 2.31. The highest BCUT2D eigenvalue weighted by molar-refractivity contribution is 7.17. The maximum absolute atomic E-state index is 10.8. The van der Waals surface area contributed by atoms with Crippen LogP contribution in [0.2, 0.25) is 0 Å². The van der Waals surface area contributed by atoms with Crippen LogP contribution in [-0.2, 0) is 0 Å². The molecule has 0 aliphatic carbocycles. The lowest BCUT2D eigenvalue weighted by atomic mass is 10.3. The smallest absolute Gasteiger partial charge is 0.190 e. The Hall–Kier alpha value is -1.88. The lowest BCUT2D eigenvalue weighted by Gasteiger charge is -2.16. The molecule has 0 aliphatic rings. The quantitative estimate of drug-likeness (QED) is 0.794. The van der Waals surface area contributed by atoms with E-state index in [1.165, 1.54) is 11.3 Å². The molecule has 0 saturated heterocycles. The Bertz CT molecular complexity index is 566. The Kier molecular flexibility index (Phi) is 3.62. The summed E-state index contributed by atoms with van der Waals surface area (Å²) in [4.78, 5) is 17.8. The summed E-state index contributed by atoms with van der Waals surface area (Å²) in [5, 5.41) is 0.794. The highest BCUT2D eigenvalue weighted by atomic mass is 32.1. The van der Waals surface area contributed by atoms with Crippen LogP contribution < -0.4 is 9.64 Å². The van der Waals surface area contributed by atoms with Gasteiger partial charge in [-0.2, -0.15) is 0 Å². The summed E-state index contributed by atoms with van der Waals surface area (Å²) >= 11 is 1.38. The normalized spacial score (nSPS) is 10.2. The highest BCUT2D eigenvalue weighted by Gasteiger charge is 2.12. The van der Waals surface area contributed by atoms with Crippen LogP contribution in [0.4, 0.5) is 10.8 Å². The van der Waals surface area contributed by atoms with Gasteiger partial charge in [-0.15, -0.1) is 0 Å². The first-order valence-electron chi connectivity index (χ1n) is 5.46. The molecule has 4 nitrogen and oxygen atoms in total. The molecule has 1 aromatic carbocycles. The van der Waals surface area contributed by atoms with E-state index in [2.05, 4.69) is 4.98 Å². The molecule has 0 saturated carbocycles. The van der Waals surface area contributed by atoms with E-state index in [9.17, 15) is 4.79 Å². The summed E-state index contributed by atoms with van der Waals surface area (Å²) in [7, 11) is 3.55. The van der Waals surface area contributed by atoms with Crippen LogP contribution in [0.5, 0.6) is 5.75 Å². The van der Waals surface area contributed by atoms with Crippen molar-refractivity contribution in [3.8, 4) is 5.75 Å². The van der Waals surface area contributed by atoms with Gasteiger partial charge in [-0.25, -0.2) is 4.98 Å². The molecule has 94 valence electrons. The molecule has 5 heteroatoms. The Morgan fingerprint density at radius 2 is 2.22 bits per heavy atom. The molecule has 0 unspecified atom stereocenters. The van der Waals surface area contributed by atoms with Crippen molar-refractivity contribution in [1.29, 1.82) is 0 Å². The van der Waals surface area contributed by atoms with Gasteiger partial charge in [0.15, 0.2) is 11.4 Å². The summed E-state index contributed by atoms with van der Waals surface area (Å²) in [6, 6.07) is 7.71. The second-order valence-corrected chi connectivity index (χ2v) is 4.83. The van der Waals surface area contributed by atoms with Gasteiger partial charge in [-0.05, 0) is 19.1 Å². The summed E-state index contributed by atoms with van der Waals surface area (Å²) in [5.74, 6) is 0.795. The Labute approximate surface area is 110 Å². The van der Waals surface area contributed by atoms with E-state index in [1.807, 2.05) is 43.1 Å². The van der Waals surface area contributed by atoms with Gasteiger partial charge in [0, 0.05) is 18.8 Å². The monoisotopic (exact) mass is 262 g/mol. The van der Waals surface area contributed by atoms with Crippen LogP contribution in [0, 0.1) is 6.92 Å². The Morgan fingerprint density at radius 3 is 2.83 bits per heavy atom. The third-order valence-corrected chi connectivity index (χ3v) is 3.82. The Morgan fingerprint density at radius 1 is 1.44 bits per heavy atom. The van der Waals surface area contributed by atoms with E-state index >= 15 is 0 Å². The number of aromatic nitrogens is 1. The second kappa shape index (κ2) is 5.18. The van der Waals surface area contributed by atoms with Gasteiger partial charge in [0.1, 0.15) is 5.75 Å². The number of benzene rings is 1. The van der Waals surface area contributed by atoms with Gasteiger partial charge in [-0.3, -0.25) is 4.79 Å². The van der Waals surface area contributed by atoms with Crippen LogP contribution in [0.15, 0.2) is 24.3 Å². The fraction of sp³-hybridized carbons (Fsp3) is 0.231. The molecule has 18 heavy (non-hydrogen) atoms. The van der Waals surface area contributed by atoms with Crippen LogP contribution in [0.1, 0.15) is 15.4 Å². The summed E-state index contributed by atoms with van der Waals surface area (Å²) in [6.45, 7) is 1.84. The number of aldehydes is 1. The molecule has 2 aromatic rings. The number of thiazole rings is 1. The first-order valence-corrected chi connectivity index (χ1v) is 6.27. The van der Waals surface area contributed by atoms with Crippen molar-refractivity contribution in [2.75, 3.05) is 19.1 Å². The van der Waals surface area contributed by atoms with Crippen molar-refractivity contribution in [3.63, 3.8) is 0 Å². The number of hydrogen-bond acceptors (Lipinski definition) is 5. The van der Waals surface area contributed by atoms with Crippen LogP contribution in [0.25, 0.3) is 0 Å². The van der Waals surface area contributed by atoms with Gasteiger partial charge in [0.2, 0.25) is 0 Å². The molecule has 0 amide bonds. The van der Waals surface area contributed by atoms with E-state index in [0.29, 0.717) is 4.88 Å². The van der Waals surface area contributed by atoms with Crippen molar-refractivity contribution in [2.45, 2.75) is 6.92 Å². The number of anilines is 2. The van der Waals surface area contributed by atoms with Gasteiger partial charge in [-0.1, -0.05) is 17.4 Å². The molecule has 0 aliphatic heterocycles. The second-order valence-electron chi connectivity index (χ2n) is 3.82. The zero-order valence-corrected chi connectivity index (χ0v) is 11.3. The van der Waals surface area contributed by atoms with E-state index in [-0.39, 0.29) is 0 Å². The SMILES string of the molecule is COc1cccc(N(C)c2nc(C)c(C=O)s2)c1. The minimum atomic E-state index is 0.666. The molecule has 1 heterocycles. The minimum absolute atomic E-state index is 0.666. The largest absolute Gasteiger partial charge is 0.497 e. The maximum Gasteiger partial charge on any atom is 0.190 e. The summed E-state index contributed by atoms with van der Waals surface area (Å²) < 4.78 is 5.19. The van der Waals surface area contributed by atoms with E-state index in [1.54, 1.807) is 7.11 Å². The molecule has 1 aromatic heterocycles. The lowest BCUT2D eigenvalue weighted by Crippen LogP contribution is -2.08. The zero-order chi connectivity index (χ0) is 13.1. The molecule has 0 spiro atoms. The third-order valence-electron chi connectivity index (χ3n) is 2.66. The number of rotatable bonds is 4. The molecule has 2 rings (SSSR count). The van der Waals surface area contributed by atoms with Gasteiger partial charge in [0.05, 0.1) is 17.7 Å².